The number of hydrogen-bond donors (Lipinski definition) is 2. The van der Waals surface area contributed by atoms with Gasteiger partial charge in [0.15, 0.2) is 11.5 Å². The van der Waals surface area contributed by atoms with E-state index in [2.05, 4.69) is 0 Å². The minimum Gasteiger partial charge on any atom is -0.508 e. The maximum atomic E-state index is 10.8. The molecule has 4 rings (SSSR count). The van der Waals surface area contributed by atoms with E-state index in [1.807, 2.05) is 44.2 Å². The van der Waals surface area contributed by atoms with E-state index in [9.17, 15) is 10.2 Å². The van der Waals surface area contributed by atoms with Crippen LogP contribution < -0.4 is 9.47 Å². The minimum absolute atomic E-state index is 0.218. The predicted octanol–water partition coefficient (Wildman–Crippen LogP) is 8.85. The van der Waals surface area contributed by atoms with Gasteiger partial charge in [-0.15, -0.1) is 0 Å². The zero-order valence-corrected chi connectivity index (χ0v) is 21.6. The van der Waals surface area contributed by atoms with Crippen molar-refractivity contribution in [1.82, 2.24) is 0 Å². The monoisotopic (exact) mass is 478 g/mol. The minimum atomic E-state index is -0.495. The van der Waals surface area contributed by atoms with Crippen molar-refractivity contribution < 1.29 is 19.7 Å². The SMILES string of the molecule is CC1(C)C=Cc2c(O)cc3c(c2O1)Oc1cc(O)cc(c1)CCCCCCCCCCCCCC3. The molecule has 35 heavy (non-hydrogen) atoms. The Balaban J connectivity index is 1.65. The highest BCUT2D eigenvalue weighted by Crippen LogP contribution is 2.48. The second kappa shape index (κ2) is 11.9. The molecule has 4 nitrogen and oxygen atoms in total. The number of hydrogen-bond acceptors (Lipinski definition) is 4. The molecule has 0 atom stereocenters. The fraction of sp³-hybridized carbons (Fsp3) is 0.548. The maximum absolute atomic E-state index is 10.8. The maximum Gasteiger partial charge on any atom is 0.174 e. The van der Waals surface area contributed by atoms with Crippen molar-refractivity contribution in [2.75, 3.05) is 0 Å². The molecular weight excluding hydrogens is 436 g/mol. The number of phenolic OH excluding ortho intramolecular Hbond substituents is 2. The third-order valence-corrected chi connectivity index (χ3v) is 7.18. The summed E-state index contributed by atoms with van der Waals surface area (Å²) in [5, 5.41) is 21.2. The smallest absolute Gasteiger partial charge is 0.174 e. The summed E-state index contributed by atoms with van der Waals surface area (Å²) in [6.07, 6.45) is 20.7. The number of benzene rings is 2. The van der Waals surface area contributed by atoms with Gasteiger partial charge in [0.1, 0.15) is 22.8 Å². The van der Waals surface area contributed by atoms with Crippen LogP contribution in [0.2, 0.25) is 0 Å². The van der Waals surface area contributed by atoms with Gasteiger partial charge in [-0.2, -0.15) is 0 Å². The lowest BCUT2D eigenvalue weighted by Gasteiger charge is -2.30. The summed E-state index contributed by atoms with van der Waals surface area (Å²) >= 11 is 0. The van der Waals surface area contributed by atoms with Crippen LogP contribution in [0.15, 0.2) is 30.3 Å². The molecule has 4 heteroatoms. The van der Waals surface area contributed by atoms with E-state index in [0.29, 0.717) is 22.8 Å². The molecular formula is C31H42O4. The first kappa shape index (κ1) is 25.5. The molecule has 0 saturated heterocycles. The summed E-state index contributed by atoms with van der Waals surface area (Å²) in [4.78, 5) is 0. The largest absolute Gasteiger partial charge is 0.508 e. The lowest BCUT2D eigenvalue weighted by molar-refractivity contribution is 0.152. The Labute approximate surface area is 211 Å². The Hall–Kier alpha value is -2.62. The molecule has 190 valence electrons. The van der Waals surface area contributed by atoms with Gasteiger partial charge in [-0.25, -0.2) is 0 Å². The molecule has 0 aliphatic carbocycles. The quantitative estimate of drug-likeness (QED) is 0.397. The number of rotatable bonds is 0. The molecule has 0 radical (unpaired) electrons. The molecule has 2 aliphatic heterocycles. The van der Waals surface area contributed by atoms with Crippen molar-refractivity contribution in [2.24, 2.45) is 0 Å². The van der Waals surface area contributed by atoms with E-state index in [-0.39, 0.29) is 11.5 Å². The van der Waals surface area contributed by atoms with Crippen molar-refractivity contribution in [3.63, 3.8) is 0 Å². The zero-order chi connectivity index (χ0) is 24.7. The van der Waals surface area contributed by atoms with Crippen molar-refractivity contribution in [1.29, 1.82) is 0 Å². The third kappa shape index (κ3) is 7.19. The Kier molecular flexibility index (Phi) is 8.64. The number of phenols is 2. The van der Waals surface area contributed by atoms with Crippen LogP contribution in [0.4, 0.5) is 0 Å². The van der Waals surface area contributed by atoms with Crippen LogP contribution in [0.1, 0.15) is 108 Å². The van der Waals surface area contributed by atoms with Crippen molar-refractivity contribution in [3.8, 4) is 28.7 Å². The number of fused-ring (bicyclic) bond motifs is 5. The van der Waals surface area contributed by atoms with E-state index in [4.69, 9.17) is 9.47 Å². The third-order valence-electron chi connectivity index (χ3n) is 7.18. The molecule has 2 aliphatic rings. The highest BCUT2D eigenvalue weighted by molar-refractivity contribution is 5.73. The molecule has 0 fully saturated rings. The summed E-state index contributed by atoms with van der Waals surface area (Å²) in [5.74, 6) is 2.29. The Morgan fingerprint density at radius 1 is 0.686 bits per heavy atom. The molecule has 0 unspecified atom stereocenters. The van der Waals surface area contributed by atoms with Crippen molar-refractivity contribution >= 4 is 6.08 Å². The summed E-state index contributed by atoms with van der Waals surface area (Å²) < 4.78 is 12.8. The second-order valence-corrected chi connectivity index (χ2v) is 10.8. The topological polar surface area (TPSA) is 58.9 Å². The average Bonchev–Trinajstić information content (AvgIpc) is 2.80. The van der Waals surface area contributed by atoms with Crippen LogP contribution in [0.25, 0.3) is 6.08 Å². The lowest BCUT2D eigenvalue weighted by Crippen LogP contribution is -2.28. The molecule has 2 bridgehead atoms. The number of aromatic hydroxyl groups is 2. The molecule has 0 amide bonds. The molecule has 2 aromatic rings. The van der Waals surface area contributed by atoms with Gasteiger partial charge in [-0.3, -0.25) is 0 Å². The molecule has 2 heterocycles. The van der Waals surface area contributed by atoms with E-state index in [1.54, 1.807) is 6.07 Å². The van der Waals surface area contributed by atoms with Crippen molar-refractivity contribution in [2.45, 2.75) is 109 Å². The van der Waals surface area contributed by atoms with Crippen LogP contribution in [-0.4, -0.2) is 15.8 Å². The zero-order valence-electron chi connectivity index (χ0n) is 21.6. The van der Waals surface area contributed by atoms with Crippen LogP contribution in [0, 0.1) is 0 Å². The van der Waals surface area contributed by atoms with Gasteiger partial charge >= 0.3 is 0 Å². The molecule has 2 aromatic carbocycles. The lowest BCUT2D eigenvalue weighted by atomic mass is 9.96. The predicted molar refractivity (Wildman–Crippen MR) is 143 cm³/mol. The average molecular weight is 479 g/mol. The first-order valence-electron chi connectivity index (χ1n) is 13.7. The molecule has 0 aromatic heterocycles. The van der Waals surface area contributed by atoms with E-state index < -0.39 is 5.60 Å². The molecule has 0 saturated carbocycles. The van der Waals surface area contributed by atoms with Crippen LogP contribution >= 0.6 is 0 Å². The van der Waals surface area contributed by atoms with Crippen LogP contribution in [-0.2, 0) is 12.8 Å². The molecule has 2 N–H and O–H groups in total. The Morgan fingerprint density at radius 2 is 1.29 bits per heavy atom. The second-order valence-electron chi connectivity index (χ2n) is 10.8. The first-order chi connectivity index (χ1) is 16.9. The summed E-state index contributed by atoms with van der Waals surface area (Å²) in [6.45, 7) is 4.00. The fourth-order valence-electron chi connectivity index (χ4n) is 5.21. The summed E-state index contributed by atoms with van der Waals surface area (Å²) in [5.41, 5.74) is 2.19. The summed E-state index contributed by atoms with van der Waals surface area (Å²) in [6, 6.07) is 7.37. The fourth-order valence-corrected chi connectivity index (χ4v) is 5.21. The van der Waals surface area contributed by atoms with Crippen molar-refractivity contribution in [3.05, 3.63) is 47.0 Å². The normalized spacial score (nSPS) is 19.5. The standard InChI is InChI=1S/C31H42O4/c1-31(2)18-17-27-28(33)21-24-16-14-12-10-8-6-4-3-5-7-9-11-13-15-23-19-25(32)22-26(20-23)34-29(24)30(27)35-31/h17-22,32-33H,3-16H2,1-2H3. The number of ether oxygens (including phenoxy) is 2. The first-order valence-corrected chi connectivity index (χ1v) is 13.7. The van der Waals surface area contributed by atoms with Gasteiger partial charge in [0, 0.05) is 11.6 Å². The highest BCUT2D eigenvalue weighted by Gasteiger charge is 2.29. The van der Waals surface area contributed by atoms with Gasteiger partial charge in [-0.1, -0.05) is 64.2 Å². The van der Waals surface area contributed by atoms with Crippen LogP contribution in [0.3, 0.4) is 0 Å². The van der Waals surface area contributed by atoms with Gasteiger partial charge in [-0.05, 0) is 75.4 Å². The van der Waals surface area contributed by atoms with Gasteiger partial charge in [0.2, 0.25) is 0 Å². The van der Waals surface area contributed by atoms with Crippen LogP contribution in [0.5, 0.6) is 28.7 Å². The number of aryl methyl sites for hydroxylation is 2. The van der Waals surface area contributed by atoms with Gasteiger partial charge in [0.05, 0.1) is 5.56 Å². The van der Waals surface area contributed by atoms with E-state index in [1.165, 1.54) is 64.2 Å². The van der Waals surface area contributed by atoms with Gasteiger partial charge < -0.3 is 19.7 Å². The summed E-state index contributed by atoms with van der Waals surface area (Å²) in [7, 11) is 0. The highest BCUT2D eigenvalue weighted by atomic mass is 16.5. The van der Waals surface area contributed by atoms with E-state index >= 15 is 0 Å². The van der Waals surface area contributed by atoms with Gasteiger partial charge in [0.25, 0.3) is 0 Å². The molecule has 0 spiro atoms. The Morgan fingerprint density at radius 3 is 1.94 bits per heavy atom. The van der Waals surface area contributed by atoms with E-state index in [0.717, 1.165) is 36.8 Å². The Bertz CT molecular complexity index is 1020.